The summed E-state index contributed by atoms with van der Waals surface area (Å²) < 4.78 is 0. The second kappa shape index (κ2) is 9.97. The van der Waals surface area contributed by atoms with Gasteiger partial charge >= 0.3 is 0 Å². The largest absolute Gasteiger partial charge is 0.548 e. The van der Waals surface area contributed by atoms with E-state index < -0.39 is 34.7 Å². The summed E-state index contributed by atoms with van der Waals surface area (Å²) in [5.74, 6) is -3.41. The molecule has 0 fully saturated rings. The highest BCUT2D eigenvalue weighted by Crippen LogP contribution is 2.16. The summed E-state index contributed by atoms with van der Waals surface area (Å²) in [6, 6.07) is 12.2. The first kappa shape index (κ1) is 22.3. The van der Waals surface area contributed by atoms with Crippen LogP contribution in [0, 0.1) is 16.0 Å². The number of amides is 2. The molecule has 0 spiro atoms. The Labute approximate surface area is 172 Å². The summed E-state index contributed by atoms with van der Waals surface area (Å²) in [6.07, 6.45) is 1.23. The number of carboxylic acids is 1. The fraction of sp³-hybridized carbons (Fsp3) is 0.190. The lowest BCUT2D eigenvalue weighted by molar-refractivity contribution is -0.384. The third kappa shape index (κ3) is 5.99. The van der Waals surface area contributed by atoms with E-state index in [1.54, 1.807) is 32.0 Å². The van der Waals surface area contributed by atoms with Crippen molar-refractivity contribution in [3.05, 3.63) is 81.5 Å². The van der Waals surface area contributed by atoms with Crippen LogP contribution in [0.25, 0.3) is 6.08 Å². The lowest BCUT2D eigenvalue weighted by atomic mass is 10.0. The van der Waals surface area contributed by atoms with Crippen LogP contribution in [-0.4, -0.2) is 28.7 Å². The predicted octanol–water partition coefficient (Wildman–Crippen LogP) is 1.26. The van der Waals surface area contributed by atoms with Gasteiger partial charge in [0.2, 0.25) is 0 Å². The van der Waals surface area contributed by atoms with E-state index in [-0.39, 0.29) is 22.5 Å². The Bertz CT molecular complexity index is 985. The van der Waals surface area contributed by atoms with E-state index in [1.165, 1.54) is 42.5 Å². The van der Waals surface area contributed by atoms with Crippen molar-refractivity contribution >= 4 is 29.5 Å². The molecular formula is C21H20N3O6-. The van der Waals surface area contributed by atoms with E-state index in [0.717, 1.165) is 0 Å². The molecule has 0 aliphatic carbocycles. The molecule has 0 saturated heterocycles. The van der Waals surface area contributed by atoms with E-state index in [2.05, 4.69) is 10.6 Å². The van der Waals surface area contributed by atoms with Gasteiger partial charge < -0.3 is 20.5 Å². The van der Waals surface area contributed by atoms with Gasteiger partial charge in [0, 0.05) is 17.7 Å². The number of carbonyl (C=O) groups excluding carboxylic acids is 3. The number of carboxylic acid groups (broad SMARTS) is 1. The molecule has 0 aliphatic heterocycles. The zero-order chi connectivity index (χ0) is 22.3. The van der Waals surface area contributed by atoms with Gasteiger partial charge in [0.1, 0.15) is 5.70 Å². The van der Waals surface area contributed by atoms with E-state index >= 15 is 0 Å². The van der Waals surface area contributed by atoms with Crippen LogP contribution in [0.1, 0.15) is 29.8 Å². The minimum atomic E-state index is -1.47. The number of hydrogen-bond acceptors (Lipinski definition) is 6. The molecule has 0 aromatic heterocycles. The number of carbonyl (C=O) groups is 3. The van der Waals surface area contributed by atoms with Gasteiger partial charge in [-0.3, -0.25) is 19.7 Å². The molecule has 2 rings (SSSR count). The van der Waals surface area contributed by atoms with Gasteiger partial charge in [0.15, 0.2) is 0 Å². The Hall–Kier alpha value is -4.01. The standard InChI is InChI=1S/C21H21N3O6/c1-13(2)18(21(27)28)23-20(26)17(22-19(25)15-8-4-3-5-9-15)12-14-7-6-10-16(11-14)24(29)30/h3-13,18H,1-2H3,(H,22,25)(H,23,26)(H,27,28)/p-1/b17-12+/t18-/m1/s1. The molecule has 2 N–H and O–H groups in total. The molecule has 0 aliphatic rings. The first-order valence-electron chi connectivity index (χ1n) is 9.03. The normalized spacial score (nSPS) is 12.2. The van der Waals surface area contributed by atoms with Crippen molar-refractivity contribution in [2.45, 2.75) is 19.9 Å². The highest BCUT2D eigenvalue weighted by atomic mass is 16.6. The van der Waals surface area contributed by atoms with E-state index in [1.807, 2.05) is 0 Å². The third-order valence-electron chi connectivity index (χ3n) is 4.13. The Balaban J connectivity index is 2.40. The summed E-state index contributed by atoms with van der Waals surface area (Å²) in [4.78, 5) is 47.0. The molecule has 2 aromatic rings. The number of benzene rings is 2. The lowest BCUT2D eigenvalue weighted by Gasteiger charge is -2.24. The van der Waals surface area contributed by atoms with E-state index in [0.29, 0.717) is 0 Å². The van der Waals surface area contributed by atoms with Gasteiger partial charge in [-0.25, -0.2) is 0 Å². The molecule has 2 aromatic carbocycles. The maximum atomic E-state index is 12.7. The molecule has 2 amide bonds. The van der Waals surface area contributed by atoms with Crippen LogP contribution in [0.15, 0.2) is 60.3 Å². The van der Waals surface area contributed by atoms with Gasteiger partial charge in [-0.05, 0) is 29.7 Å². The summed E-state index contributed by atoms with van der Waals surface area (Å²) >= 11 is 0. The molecule has 0 heterocycles. The Morgan fingerprint density at radius 3 is 2.27 bits per heavy atom. The SMILES string of the molecule is CC(C)[C@@H](NC(=O)/C(=C\c1cccc([N+](=O)[O-])c1)NC(=O)c1ccccc1)C(=O)[O-]. The summed E-state index contributed by atoms with van der Waals surface area (Å²) in [6.45, 7) is 3.18. The van der Waals surface area contributed by atoms with Crippen LogP contribution >= 0.6 is 0 Å². The Morgan fingerprint density at radius 1 is 1.03 bits per heavy atom. The van der Waals surface area contributed by atoms with Crippen molar-refractivity contribution in [3.63, 3.8) is 0 Å². The molecule has 0 unspecified atom stereocenters. The van der Waals surface area contributed by atoms with Crippen LogP contribution in [0.2, 0.25) is 0 Å². The fourth-order valence-electron chi connectivity index (χ4n) is 2.55. The number of nitrogens with one attached hydrogen (secondary N) is 2. The molecule has 9 nitrogen and oxygen atoms in total. The number of nitro groups is 1. The van der Waals surface area contributed by atoms with Crippen molar-refractivity contribution < 1.29 is 24.4 Å². The van der Waals surface area contributed by atoms with Crippen LogP contribution in [0.3, 0.4) is 0 Å². The maximum Gasteiger partial charge on any atom is 0.270 e. The van der Waals surface area contributed by atoms with Crippen LogP contribution in [-0.2, 0) is 9.59 Å². The number of nitrogens with zero attached hydrogens (tertiary/aromatic N) is 1. The number of nitro benzene ring substituents is 1. The summed E-state index contributed by atoms with van der Waals surface area (Å²) in [7, 11) is 0. The topological polar surface area (TPSA) is 141 Å². The number of non-ortho nitro benzene ring substituents is 1. The Kier molecular flexibility index (Phi) is 7.40. The van der Waals surface area contributed by atoms with Gasteiger partial charge in [0.25, 0.3) is 17.5 Å². The fourth-order valence-corrected chi connectivity index (χ4v) is 2.55. The summed E-state index contributed by atoms with van der Waals surface area (Å²) in [5.41, 5.74) is 0.0803. The van der Waals surface area contributed by atoms with Gasteiger partial charge in [-0.1, -0.05) is 44.2 Å². The van der Waals surface area contributed by atoms with Crippen LogP contribution in [0.4, 0.5) is 5.69 Å². The highest BCUT2D eigenvalue weighted by Gasteiger charge is 2.21. The predicted molar refractivity (Wildman–Crippen MR) is 107 cm³/mol. The third-order valence-corrected chi connectivity index (χ3v) is 4.13. The first-order chi connectivity index (χ1) is 14.2. The minimum absolute atomic E-state index is 0.201. The zero-order valence-electron chi connectivity index (χ0n) is 16.3. The zero-order valence-corrected chi connectivity index (χ0v) is 16.3. The van der Waals surface area contributed by atoms with Crippen LogP contribution < -0.4 is 15.7 Å². The summed E-state index contributed by atoms with van der Waals surface area (Å²) in [5, 5.41) is 27.1. The quantitative estimate of drug-likeness (QED) is 0.381. The average Bonchev–Trinajstić information content (AvgIpc) is 2.71. The van der Waals surface area contributed by atoms with Gasteiger partial charge in [-0.2, -0.15) is 0 Å². The van der Waals surface area contributed by atoms with Gasteiger partial charge in [-0.15, -0.1) is 0 Å². The molecule has 9 heteroatoms. The second-order valence-corrected chi connectivity index (χ2v) is 6.74. The molecule has 0 saturated carbocycles. The lowest BCUT2D eigenvalue weighted by Crippen LogP contribution is -2.52. The first-order valence-corrected chi connectivity index (χ1v) is 9.03. The van der Waals surface area contributed by atoms with Crippen LogP contribution in [0.5, 0.6) is 0 Å². The number of aliphatic carboxylic acids is 1. The molecule has 1 atom stereocenters. The second-order valence-electron chi connectivity index (χ2n) is 6.74. The van der Waals surface area contributed by atoms with Crippen molar-refractivity contribution in [2.75, 3.05) is 0 Å². The molecule has 156 valence electrons. The molecule has 0 bridgehead atoms. The van der Waals surface area contributed by atoms with Crippen molar-refractivity contribution in [1.82, 2.24) is 10.6 Å². The van der Waals surface area contributed by atoms with E-state index in [4.69, 9.17) is 0 Å². The highest BCUT2D eigenvalue weighted by molar-refractivity contribution is 6.06. The minimum Gasteiger partial charge on any atom is -0.548 e. The van der Waals surface area contributed by atoms with Gasteiger partial charge in [0.05, 0.1) is 16.9 Å². The average molecular weight is 410 g/mol. The monoisotopic (exact) mass is 410 g/mol. The Morgan fingerprint density at radius 2 is 1.70 bits per heavy atom. The smallest absolute Gasteiger partial charge is 0.270 e. The molecule has 0 radical (unpaired) electrons. The molecular weight excluding hydrogens is 390 g/mol. The van der Waals surface area contributed by atoms with Crippen molar-refractivity contribution in [3.8, 4) is 0 Å². The number of rotatable bonds is 8. The van der Waals surface area contributed by atoms with E-state index in [9.17, 15) is 29.6 Å². The number of hydrogen-bond donors (Lipinski definition) is 2. The van der Waals surface area contributed by atoms with Crippen molar-refractivity contribution in [1.29, 1.82) is 0 Å². The molecule has 30 heavy (non-hydrogen) atoms. The maximum absolute atomic E-state index is 12.7. The van der Waals surface area contributed by atoms with Crippen molar-refractivity contribution in [2.24, 2.45) is 5.92 Å².